The van der Waals surface area contributed by atoms with E-state index in [9.17, 15) is 9.59 Å². The summed E-state index contributed by atoms with van der Waals surface area (Å²) < 4.78 is 0. The van der Waals surface area contributed by atoms with Crippen LogP contribution in [0.15, 0.2) is 59.5 Å². The first-order valence-electron chi connectivity index (χ1n) is 9.86. The number of carbonyl (C=O) groups is 2. The Bertz CT molecular complexity index is 764. The summed E-state index contributed by atoms with van der Waals surface area (Å²) >= 11 is 1.51. The van der Waals surface area contributed by atoms with Crippen LogP contribution in [0.4, 0.5) is 0 Å². The van der Waals surface area contributed by atoms with Gasteiger partial charge in [-0.2, -0.15) is 0 Å². The van der Waals surface area contributed by atoms with Gasteiger partial charge < -0.3 is 10.2 Å². The van der Waals surface area contributed by atoms with Gasteiger partial charge in [0, 0.05) is 18.0 Å². The molecule has 0 spiro atoms. The first-order chi connectivity index (χ1) is 13.6. The number of amides is 2. The molecule has 1 atom stereocenters. The van der Waals surface area contributed by atoms with Crippen molar-refractivity contribution >= 4 is 23.6 Å². The van der Waals surface area contributed by atoms with Crippen molar-refractivity contribution in [3.8, 4) is 0 Å². The van der Waals surface area contributed by atoms with Crippen LogP contribution in [0.2, 0.25) is 0 Å². The highest BCUT2D eigenvalue weighted by Gasteiger charge is 2.28. The second-order valence-corrected chi connectivity index (χ2v) is 7.81. The number of aryl methyl sites for hydroxylation is 1. The number of benzene rings is 2. The normalized spacial score (nSPS) is 11.7. The van der Waals surface area contributed by atoms with Crippen LogP contribution in [0.3, 0.4) is 0 Å². The zero-order valence-corrected chi connectivity index (χ0v) is 17.8. The van der Waals surface area contributed by atoms with Crippen LogP contribution < -0.4 is 5.32 Å². The fourth-order valence-electron chi connectivity index (χ4n) is 3.00. The Morgan fingerprint density at radius 1 is 1.04 bits per heavy atom. The van der Waals surface area contributed by atoms with Gasteiger partial charge in [0.25, 0.3) is 0 Å². The molecule has 0 aliphatic carbocycles. The van der Waals surface area contributed by atoms with Crippen molar-refractivity contribution in [2.45, 2.75) is 51.1 Å². The number of nitrogens with zero attached hydrogens (tertiary/aromatic N) is 1. The number of nitrogens with one attached hydrogen (secondary N) is 1. The molecule has 2 rings (SSSR count). The molecule has 0 radical (unpaired) electrons. The van der Waals surface area contributed by atoms with Crippen LogP contribution in [0, 0.1) is 6.92 Å². The van der Waals surface area contributed by atoms with Crippen LogP contribution in [0.25, 0.3) is 0 Å². The second-order valence-electron chi connectivity index (χ2n) is 6.76. The van der Waals surface area contributed by atoms with E-state index in [0.717, 1.165) is 22.4 Å². The zero-order chi connectivity index (χ0) is 20.4. The summed E-state index contributed by atoms with van der Waals surface area (Å²) in [6.45, 7) is 7.08. The number of hydrogen-bond acceptors (Lipinski definition) is 3. The van der Waals surface area contributed by atoms with E-state index in [-0.39, 0.29) is 11.8 Å². The molecule has 150 valence electrons. The molecule has 0 aliphatic rings. The molecule has 0 saturated carbocycles. The Hall–Kier alpha value is -2.27. The van der Waals surface area contributed by atoms with Gasteiger partial charge in [0.1, 0.15) is 6.04 Å². The average molecular weight is 399 g/mol. The summed E-state index contributed by atoms with van der Waals surface area (Å²) in [5.41, 5.74) is 2.20. The minimum Gasteiger partial charge on any atom is -0.354 e. The lowest BCUT2D eigenvalue weighted by Gasteiger charge is -2.31. The van der Waals surface area contributed by atoms with Crippen LogP contribution in [0.1, 0.15) is 37.8 Å². The Kier molecular flexibility index (Phi) is 9.08. The lowest BCUT2D eigenvalue weighted by Crippen LogP contribution is -2.49. The predicted octanol–water partition coefficient (Wildman–Crippen LogP) is 4.42. The van der Waals surface area contributed by atoms with E-state index in [1.807, 2.05) is 75.4 Å². The van der Waals surface area contributed by atoms with E-state index >= 15 is 0 Å². The molecular weight excluding hydrogens is 368 g/mol. The first-order valence-corrected chi connectivity index (χ1v) is 10.8. The number of rotatable bonds is 10. The molecule has 2 aromatic carbocycles. The molecule has 0 heterocycles. The lowest BCUT2D eigenvalue weighted by atomic mass is 10.1. The third-order valence-corrected chi connectivity index (χ3v) is 5.64. The summed E-state index contributed by atoms with van der Waals surface area (Å²) in [4.78, 5) is 28.6. The third-order valence-electron chi connectivity index (χ3n) is 4.64. The van der Waals surface area contributed by atoms with Crippen molar-refractivity contribution in [3.63, 3.8) is 0 Å². The Morgan fingerprint density at radius 2 is 1.71 bits per heavy atom. The van der Waals surface area contributed by atoms with Crippen LogP contribution in [0.5, 0.6) is 0 Å². The van der Waals surface area contributed by atoms with Gasteiger partial charge >= 0.3 is 0 Å². The number of thioether (sulfide) groups is 1. The fourth-order valence-corrected chi connectivity index (χ4v) is 3.81. The number of hydrogen-bond donors (Lipinski definition) is 1. The molecular formula is C23H30N2O2S. The molecule has 5 heteroatoms. The quantitative estimate of drug-likeness (QED) is 0.603. The molecule has 0 aliphatic heterocycles. The van der Waals surface area contributed by atoms with E-state index in [2.05, 4.69) is 5.32 Å². The maximum Gasteiger partial charge on any atom is 0.242 e. The highest BCUT2D eigenvalue weighted by molar-refractivity contribution is 8.00. The third kappa shape index (κ3) is 6.41. The smallest absolute Gasteiger partial charge is 0.242 e. The lowest BCUT2D eigenvalue weighted by molar-refractivity contribution is -0.139. The molecule has 1 N–H and O–H groups in total. The highest BCUT2D eigenvalue weighted by Crippen LogP contribution is 2.21. The molecule has 4 nitrogen and oxygen atoms in total. The van der Waals surface area contributed by atoms with Gasteiger partial charge in [-0.1, -0.05) is 56.3 Å². The first kappa shape index (κ1) is 22.0. The Labute approximate surface area is 172 Å². The van der Waals surface area contributed by atoms with Crippen molar-refractivity contribution in [2.75, 3.05) is 12.3 Å². The zero-order valence-electron chi connectivity index (χ0n) is 17.0. The maximum atomic E-state index is 13.1. The Morgan fingerprint density at radius 3 is 2.36 bits per heavy atom. The molecule has 28 heavy (non-hydrogen) atoms. The molecule has 2 aromatic rings. The molecule has 0 unspecified atom stereocenters. The van der Waals surface area contributed by atoms with Gasteiger partial charge in [0.15, 0.2) is 0 Å². The fraction of sp³-hybridized carbons (Fsp3) is 0.391. The molecule has 0 fully saturated rings. The van der Waals surface area contributed by atoms with Gasteiger partial charge in [-0.05, 0) is 43.0 Å². The van der Waals surface area contributed by atoms with E-state index in [0.29, 0.717) is 25.3 Å². The summed E-state index contributed by atoms with van der Waals surface area (Å²) in [6, 6.07) is 17.4. The number of carbonyl (C=O) groups excluding carboxylic acids is 2. The van der Waals surface area contributed by atoms with Crippen molar-refractivity contribution < 1.29 is 9.59 Å². The molecule has 2 amide bonds. The van der Waals surface area contributed by atoms with Crippen LogP contribution in [-0.4, -0.2) is 35.1 Å². The van der Waals surface area contributed by atoms with Gasteiger partial charge in [-0.3, -0.25) is 9.59 Å². The van der Waals surface area contributed by atoms with E-state index in [4.69, 9.17) is 0 Å². The average Bonchev–Trinajstić information content (AvgIpc) is 2.72. The monoisotopic (exact) mass is 398 g/mol. The highest BCUT2D eigenvalue weighted by atomic mass is 32.2. The van der Waals surface area contributed by atoms with Gasteiger partial charge in [-0.25, -0.2) is 0 Å². The second kappa shape index (κ2) is 11.5. The summed E-state index contributed by atoms with van der Waals surface area (Å²) in [6.07, 6.45) is 1.46. The Balaban J connectivity index is 2.19. The largest absolute Gasteiger partial charge is 0.354 e. The molecule has 0 saturated heterocycles. The SMILES string of the molecule is CCCNC(=O)[C@@H](CC)N(Cc1ccccc1C)C(=O)CSc1ccccc1. The maximum absolute atomic E-state index is 13.1. The minimum absolute atomic E-state index is 0.0180. The van der Waals surface area contributed by atoms with Crippen molar-refractivity contribution in [3.05, 3.63) is 65.7 Å². The summed E-state index contributed by atoms with van der Waals surface area (Å²) in [7, 11) is 0. The van der Waals surface area contributed by atoms with Crippen molar-refractivity contribution in [1.29, 1.82) is 0 Å². The van der Waals surface area contributed by atoms with E-state index in [1.54, 1.807) is 4.90 Å². The summed E-state index contributed by atoms with van der Waals surface area (Å²) in [5.74, 6) is 0.222. The van der Waals surface area contributed by atoms with Gasteiger partial charge in [0.05, 0.1) is 5.75 Å². The van der Waals surface area contributed by atoms with Gasteiger partial charge in [-0.15, -0.1) is 11.8 Å². The molecule has 0 aromatic heterocycles. The minimum atomic E-state index is -0.463. The van der Waals surface area contributed by atoms with E-state index < -0.39 is 6.04 Å². The van der Waals surface area contributed by atoms with Crippen molar-refractivity contribution in [2.24, 2.45) is 0 Å². The van der Waals surface area contributed by atoms with Crippen LogP contribution >= 0.6 is 11.8 Å². The van der Waals surface area contributed by atoms with E-state index in [1.165, 1.54) is 11.8 Å². The molecule has 0 bridgehead atoms. The predicted molar refractivity (Wildman–Crippen MR) is 116 cm³/mol. The van der Waals surface area contributed by atoms with Gasteiger partial charge in [0.2, 0.25) is 11.8 Å². The standard InChI is InChI=1S/C23H30N2O2S/c1-4-15-24-23(27)21(5-2)25(16-19-12-10-9-11-18(19)3)22(26)17-28-20-13-7-6-8-14-20/h6-14,21H,4-5,15-17H2,1-3H3,(H,24,27)/t21-/m1/s1. The van der Waals surface area contributed by atoms with Crippen molar-refractivity contribution in [1.82, 2.24) is 10.2 Å². The summed E-state index contributed by atoms with van der Waals surface area (Å²) in [5, 5.41) is 2.95. The topological polar surface area (TPSA) is 49.4 Å². The van der Waals surface area contributed by atoms with Crippen LogP contribution in [-0.2, 0) is 16.1 Å².